The molecule has 0 atom stereocenters. The van der Waals surface area contributed by atoms with Gasteiger partial charge in [0.05, 0.1) is 34.9 Å². The zero-order valence-electron chi connectivity index (χ0n) is 20.8. The Balaban J connectivity index is 1.70. The van der Waals surface area contributed by atoms with E-state index in [1.165, 1.54) is 6.20 Å². The van der Waals surface area contributed by atoms with Crippen molar-refractivity contribution in [3.05, 3.63) is 96.9 Å². The fourth-order valence-electron chi connectivity index (χ4n) is 3.86. The highest BCUT2D eigenvalue weighted by Gasteiger charge is 2.18. The predicted octanol–water partition coefficient (Wildman–Crippen LogP) is 5.11. The zero-order chi connectivity index (χ0) is 26.4. The lowest BCUT2D eigenvalue weighted by Crippen LogP contribution is -2.20. The molecule has 188 valence electrons. The van der Waals surface area contributed by atoms with Gasteiger partial charge in [-0.1, -0.05) is 25.6 Å². The summed E-state index contributed by atoms with van der Waals surface area (Å²) in [6.07, 6.45) is 9.51. The van der Waals surface area contributed by atoms with Crippen molar-refractivity contribution in [2.45, 2.75) is 26.7 Å². The van der Waals surface area contributed by atoms with E-state index in [0.29, 0.717) is 34.9 Å². The van der Waals surface area contributed by atoms with Crippen molar-refractivity contribution in [2.75, 3.05) is 5.73 Å². The van der Waals surface area contributed by atoms with E-state index in [9.17, 15) is 4.79 Å². The van der Waals surface area contributed by atoms with Crippen molar-refractivity contribution in [2.24, 2.45) is 0 Å². The number of allylic oxidation sites excluding steroid dienone is 3. The molecule has 3 aromatic heterocycles. The summed E-state index contributed by atoms with van der Waals surface area (Å²) in [5.74, 6) is 0.287. The van der Waals surface area contributed by atoms with Gasteiger partial charge >= 0.3 is 0 Å². The van der Waals surface area contributed by atoms with E-state index in [4.69, 9.17) is 20.5 Å². The number of nitrogens with zero attached hydrogens (tertiary/aromatic N) is 2. The van der Waals surface area contributed by atoms with Crippen molar-refractivity contribution in [1.29, 1.82) is 5.41 Å². The fraction of sp³-hybridized carbons (Fsp3) is 0.143. The Kier molecular flexibility index (Phi) is 7.63. The summed E-state index contributed by atoms with van der Waals surface area (Å²) in [4.78, 5) is 24.6. The number of benzene rings is 1. The number of imidazole rings is 1. The molecule has 4 rings (SSSR count). The number of H-pyrrole nitrogens is 1. The van der Waals surface area contributed by atoms with Crippen molar-refractivity contribution in [3.63, 3.8) is 0 Å². The van der Waals surface area contributed by atoms with Gasteiger partial charge < -0.3 is 25.8 Å². The standard InChI is InChI=1S/C28H29N7O2/c1-4-7-24(36)32-17(3)14-19(15-31-5-2)22-11-10-21(29)27(33-22)25(30)28-34-23-9-6-8-20(26(23)35-28)18-12-13-37-16-18/h5-6,8-16,30-31H,2,4,7,29H2,1,3H3,(H,32,36)(H,34,35)/b17-14+,19-15+,30-25?. The molecular formula is C28H29N7O2. The van der Waals surface area contributed by atoms with E-state index in [0.717, 1.165) is 28.6 Å². The van der Waals surface area contributed by atoms with Gasteiger partial charge in [-0.25, -0.2) is 9.97 Å². The van der Waals surface area contributed by atoms with Crippen LogP contribution in [0.25, 0.3) is 27.7 Å². The zero-order valence-corrected chi connectivity index (χ0v) is 20.8. The number of hydrogen-bond donors (Lipinski definition) is 5. The van der Waals surface area contributed by atoms with Gasteiger partial charge in [-0.2, -0.15) is 0 Å². The molecule has 1 amide bonds. The molecule has 0 aliphatic heterocycles. The average Bonchev–Trinajstić information content (AvgIpc) is 3.57. The van der Waals surface area contributed by atoms with Crippen molar-refractivity contribution >= 4 is 33.9 Å². The van der Waals surface area contributed by atoms with Gasteiger partial charge in [0.15, 0.2) is 5.82 Å². The van der Waals surface area contributed by atoms with Crippen LogP contribution in [0.5, 0.6) is 0 Å². The Morgan fingerprint density at radius 1 is 1.24 bits per heavy atom. The molecule has 37 heavy (non-hydrogen) atoms. The molecule has 0 spiro atoms. The first kappa shape index (κ1) is 25.2. The molecule has 3 heterocycles. The van der Waals surface area contributed by atoms with Crippen LogP contribution in [0.2, 0.25) is 0 Å². The summed E-state index contributed by atoms with van der Waals surface area (Å²) in [5.41, 5.74) is 12.1. The molecule has 0 aliphatic rings. The maximum absolute atomic E-state index is 12.0. The van der Waals surface area contributed by atoms with Gasteiger partial charge in [-0.15, -0.1) is 0 Å². The van der Waals surface area contributed by atoms with Crippen LogP contribution in [0, 0.1) is 5.41 Å². The van der Waals surface area contributed by atoms with Gasteiger partial charge in [0.2, 0.25) is 5.91 Å². The molecule has 0 radical (unpaired) electrons. The monoisotopic (exact) mass is 495 g/mol. The van der Waals surface area contributed by atoms with E-state index in [1.807, 2.05) is 38.1 Å². The van der Waals surface area contributed by atoms with Crippen LogP contribution in [0.15, 0.2) is 84.1 Å². The molecular weight excluding hydrogens is 466 g/mol. The number of pyridine rings is 1. The lowest BCUT2D eigenvalue weighted by molar-refractivity contribution is -0.120. The Morgan fingerprint density at radius 3 is 2.81 bits per heavy atom. The van der Waals surface area contributed by atoms with Crippen LogP contribution < -0.4 is 16.4 Å². The Morgan fingerprint density at radius 2 is 2.08 bits per heavy atom. The summed E-state index contributed by atoms with van der Waals surface area (Å²) < 4.78 is 5.23. The first-order valence-corrected chi connectivity index (χ1v) is 11.8. The molecule has 9 nitrogen and oxygen atoms in total. The number of furan rings is 1. The maximum Gasteiger partial charge on any atom is 0.224 e. The van der Waals surface area contributed by atoms with Gasteiger partial charge in [0.25, 0.3) is 0 Å². The van der Waals surface area contributed by atoms with E-state index < -0.39 is 0 Å². The summed E-state index contributed by atoms with van der Waals surface area (Å²) in [6.45, 7) is 7.44. The van der Waals surface area contributed by atoms with Crippen LogP contribution >= 0.6 is 0 Å². The third kappa shape index (κ3) is 5.67. The van der Waals surface area contributed by atoms with Gasteiger partial charge in [0, 0.05) is 35.0 Å². The molecule has 0 saturated heterocycles. The molecule has 0 aliphatic carbocycles. The smallest absolute Gasteiger partial charge is 0.224 e. The molecule has 0 unspecified atom stereocenters. The van der Waals surface area contributed by atoms with Crippen molar-refractivity contribution < 1.29 is 9.21 Å². The number of amides is 1. The molecule has 9 heteroatoms. The van der Waals surface area contributed by atoms with Crippen LogP contribution in [0.4, 0.5) is 5.69 Å². The first-order valence-electron chi connectivity index (χ1n) is 11.8. The van der Waals surface area contributed by atoms with Crippen LogP contribution in [-0.4, -0.2) is 26.6 Å². The number of hydrogen-bond acceptors (Lipinski definition) is 7. The summed E-state index contributed by atoms with van der Waals surface area (Å²) >= 11 is 0. The number of nitrogens with one attached hydrogen (secondary N) is 4. The number of rotatable bonds is 10. The maximum atomic E-state index is 12.0. The first-order chi connectivity index (χ1) is 17.9. The molecule has 0 bridgehead atoms. The molecule has 1 aromatic carbocycles. The summed E-state index contributed by atoms with van der Waals surface area (Å²) in [5, 5.41) is 14.7. The van der Waals surface area contributed by atoms with E-state index in [2.05, 4.69) is 27.2 Å². The highest BCUT2D eigenvalue weighted by Crippen LogP contribution is 2.28. The minimum Gasteiger partial charge on any atom is -0.472 e. The minimum absolute atomic E-state index is 0.0558. The Bertz CT molecular complexity index is 1510. The SMILES string of the molecule is C=CN/C=C(\C=C(/C)NC(=O)CCC)c1ccc(N)c(C(=N)c2nc3c(-c4ccoc4)cccc3[nH]2)n1. The Labute approximate surface area is 214 Å². The highest BCUT2D eigenvalue weighted by atomic mass is 16.3. The number of carbonyl (C=O) groups excluding carboxylic acids is 1. The third-order valence-corrected chi connectivity index (χ3v) is 5.58. The van der Waals surface area contributed by atoms with Gasteiger partial charge in [0.1, 0.15) is 11.4 Å². The van der Waals surface area contributed by atoms with Crippen molar-refractivity contribution in [3.8, 4) is 11.1 Å². The quantitative estimate of drug-likeness (QED) is 0.153. The van der Waals surface area contributed by atoms with E-state index in [1.54, 1.807) is 36.9 Å². The lowest BCUT2D eigenvalue weighted by Gasteiger charge is -2.11. The van der Waals surface area contributed by atoms with E-state index >= 15 is 0 Å². The van der Waals surface area contributed by atoms with Crippen LogP contribution in [0.3, 0.4) is 0 Å². The average molecular weight is 496 g/mol. The second kappa shape index (κ2) is 11.2. The van der Waals surface area contributed by atoms with Gasteiger partial charge in [-0.05, 0) is 49.9 Å². The van der Waals surface area contributed by atoms with Crippen LogP contribution in [-0.2, 0) is 4.79 Å². The molecule has 4 aromatic rings. The van der Waals surface area contributed by atoms with Crippen LogP contribution in [0.1, 0.15) is 43.9 Å². The number of aromatic nitrogens is 3. The highest BCUT2D eigenvalue weighted by molar-refractivity contribution is 6.12. The molecule has 0 saturated carbocycles. The number of aromatic amines is 1. The number of nitrogen functional groups attached to an aromatic ring is 1. The number of fused-ring (bicyclic) bond motifs is 1. The second-order valence-corrected chi connectivity index (χ2v) is 8.40. The normalized spacial score (nSPS) is 11.9. The topological polar surface area (TPSA) is 146 Å². The predicted molar refractivity (Wildman–Crippen MR) is 146 cm³/mol. The third-order valence-electron chi connectivity index (χ3n) is 5.58. The largest absolute Gasteiger partial charge is 0.472 e. The number of nitrogens with two attached hydrogens (primary N) is 1. The number of anilines is 1. The number of para-hydroxylation sites is 1. The second-order valence-electron chi connectivity index (χ2n) is 8.40. The summed E-state index contributed by atoms with van der Waals surface area (Å²) in [6, 6.07) is 11.1. The van der Waals surface area contributed by atoms with Crippen molar-refractivity contribution in [1.82, 2.24) is 25.6 Å². The van der Waals surface area contributed by atoms with Gasteiger partial charge in [-0.3, -0.25) is 10.2 Å². The summed E-state index contributed by atoms with van der Waals surface area (Å²) in [7, 11) is 0. The lowest BCUT2D eigenvalue weighted by atomic mass is 10.1. The Hall–Kier alpha value is -4.92. The molecule has 0 fully saturated rings. The fourth-order valence-corrected chi connectivity index (χ4v) is 3.86. The van der Waals surface area contributed by atoms with E-state index in [-0.39, 0.29) is 17.3 Å². The molecule has 6 N–H and O–H groups in total. The number of carbonyl (C=O) groups is 1. The minimum atomic E-state index is -0.0558.